The van der Waals surface area contributed by atoms with E-state index in [4.69, 9.17) is 0 Å². The lowest BCUT2D eigenvalue weighted by Gasteiger charge is -2.28. The van der Waals surface area contributed by atoms with E-state index >= 15 is 0 Å². The van der Waals surface area contributed by atoms with Crippen LogP contribution in [-0.4, -0.2) is 44.8 Å². The molecule has 1 amide bonds. The van der Waals surface area contributed by atoms with Gasteiger partial charge in [-0.3, -0.25) is 9.89 Å². The molecule has 1 saturated heterocycles. The molecule has 0 unspecified atom stereocenters. The second-order valence-corrected chi connectivity index (χ2v) is 6.96. The van der Waals surface area contributed by atoms with Crippen LogP contribution in [0.3, 0.4) is 0 Å². The van der Waals surface area contributed by atoms with E-state index in [1.165, 1.54) is 0 Å². The smallest absolute Gasteiger partial charge is 0.274 e. The van der Waals surface area contributed by atoms with Gasteiger partial charge in [0.25, 0.3) is 5.91 Å². The summed E-state index contributed by atoms with van der Waals surface area (Å²) in [4.78, 5) is 14.5. The molecule has 2 N–H and O–H groups in total. The molecular weight excluding hydrogens is 254 g/mol. The van der Waals surface area contributed by atoms with Gasteiger partial charge >= 0.3 is 0 Å². The van der Waals surface area contributed by atoms with Crippen LogP contribution in [0.1, 0.15) is 48.8 Å². The zero-order valence-electron chi connectivity index (χ0n) is 11.9. The molecule has 2 bridgehead atoms. The summed E-state index contributed by atoms with van der Waals surface area (Å²) in [5.74, 6) is 1.84. The number of nitrogens with one attached hydrogen (secondary N) is 1. The third-order valence-electron chi connectivity index (χ3n) is 5.55. The van der Waals surface area contributed by atoms with Gasteiger partial charge in [-0.2, -0.15) is 5.10 Å². The van der Waals surface area contributed by atoms with Gasteiger partial charge in [-0.05, 0) is 42.6 Å². The molecule has 0 spiro atoms. The van der Waals surface area contributed by atoms with E-state index in [2.05, 4.69) is 24.0 Å². The van der Waals surface area contributed by atoms with E-state index in [0.717, 1.165) is 25.1 Å². The molecule has 5 nitrogen and oxygen atoms in total. The zero-order valence-corrected chi connectivity index (χ0v) is 11.9. The summed E-state index contributed by atoms with van der Waals surface area (Å²) in [6.45, 7) is 4.94. The van der Waals surface area contributed by atoms with Crippen molar-refractivity contribution in [1.82, 2.24) is 15.1 Å². The van der Waals surface area contributed by atoms with Crippen LogP contribution in [-0.2, 0) is 0 Å². The average Bonchev–Trinajstić information content (AvgIpc) is 3.11. The summed E-state index contributed by atoms with van der Waals surface area (Å²) in [5, 5.41) is 17.4. The molecule has 5 atom stereocenters. The first kappa shape index (κ1) is 12.4. The third-order valence-corrected chi connectivity index (χ3v) is 5.55. The first-order chi connectivity index (χ1) is 9.56. The van der Waals surface area contributed by atoms with Crippen molar-refractivity contribution in [1.29, 1.82) is 0 Å². The number of likely N-dealkylation sites (tertiary alicyclic amines) is 1. The Balaban J connectivity index is 1.60. The number of aromatic nitrogens is 2. The fourth-order valence-corrected chi connectivity index (χ4v) is 4.54. The van der Waals surface area contributed by atoms with E-state index in [1.807, 2.05) is 11.0 Å². The molecule has 4 rings (SSSR count). The van der Waals surface area contributed by atoms with E-state index in [1.54, 1.807) is 0 Å². The summed E-state index contributed by atoms with van der Waals surface area (Å²) in [5.41, 5.74) is 1.48. The quantitative estimate of drug-likeness (QED) is 0.856. The zero-order chi connectivity index (χ0) is 14.0. The SMILES string of the molecule is CC(C)c1cc(C(=O)N2C[C@@H]3C[C@H]4C[C@H]3[C@@H]2[C@@H]4O)n[nH]1. The van der Waals surface area contributed by atoms with Gasteiger partial charge in [0.2, 0.25) is 0 Å². The molecule has 5 heteroatoms. The van der Waals surface area contributed by atoms with Crippen LogP contribution < -0.4 is 0 Å². The normalized spacial score (nSPS) is 38.2. The van der Waals surface area contributed by atoms with Gasteiger partial charge in [-0.25, -0.2) is 0 Å². The molecule has 1 aromatic rings. The predicted molar refractivity (Wildman–Crippen MR) is 73.2 cm³/mol. The molecule has 108 valence electrons. The number of hydrogen-bond donors (Lipinski definition) is 2. The molecule has 3 aliphatic rings. The minimum atomic E-state index is -0.328. The van der Waals surface area contributed by atoms with Crippen molar-refractivity contribution < 1.29 is 9.90 Å². The lowest BCUT2D eigenvalue weighted by molar-refractivity contribution is 0.0398. The minimum absolute atomic E-state index is 0.0211. The number of amides is 1. The Morgan fingerprint density at radius 2 is 2.25 bits per heavy atom. The van der Waals surface area contributed by atoms with Crippen LogP contribution >= 0.6 is 0 Å². The molecule has 2 saturated carbocycles. The Morgan fingerprint density at radius 3 is 2.90 bits per heavy atom. The van der Waals surface area contributed by atoms with Crippen molar-refractivity contribution in [2.24, 2.45) is 17.8 Å². The van der Waals surface area contributed by atoms with Gasteiger partial charge in [-0.1, -0.05) is 13.8 Å². The van der Waals surface area contributed by atoms with E-state index in [0.29, 0.717) is 29.4 Å². The molecular formula is C15H21N3O2. The number of nitrogens with zero attached hydrogens (tertiary/aromatic N) is 2. The fraction of sp³-hybridized carbons (Fsp3) is 0.733. The molecule has 1 aliphatic heterocycles. The van der Waals surface area contributed by atoms with Crippen molar-refractivity contribution in [3.63, 3.8) is 0 Å². The minimum Gasteiger partial charge on any atom is -0.391 e. The summed E-state index contributed by atoms with van der Waals surface area (Å²) in [7, 11) is 0. The highest BCUT2D eigenvalue weighted by molar-refractivity contribution is 5.93. The highest BCUT2D eigenvalue weighted by Gasteiger charge is 2.60. The Labute approximate surface area is 118 Å². The second kappa shape index (κ2) is 4.07. The van der Waals surface area contributed by atoms with Crippen LogP contribution in [0.5, 0.6) is 0 Å². The lowest BCUT2D eigenvalue weighted by atomic mass is 9.88. The summed E-state index contributed by atoms with van der Waals surface area (Å²) >= 11 is 0. The van der Waals surface area contributed by atoms with Crippen molar-refractivity contribution in [3.8, 4) is 0 Å². The first-order valence-corrected chi connectivity index (χ1v) is 7.60. The summed E-state index contributed by atoms with van der Waals surface area (Å²) in [6.07, 6.45) is 1.85. The maximum atomic E-state index is 12.7. The van der Waals surface area contributed by atoms with Crippen LogP contribution in [0.2, 0.25) is 0 Å². The first-order valence-electron chi connectivity index (χ1n) is 7.60. The molecule has 20 heavy (non-hydrogen) atoms. The average molecular weight is 275 g/mol. The number of rotatable bonds is 2. The summed E-state index contributed by atoms with van der Waals surface area (Å²) in [6, 6.07) is 1.89. The molecule has 0 radical (unpaired) electrons. The maximum absolute atomic E-state index is 12.7. The highest BCUT2D eigenvalue weighted by Crippen LogP contribution is 2.55. The number of aliphatic hydroxyl groups is 1. The van der Waals surface area contributed by atoms with E-state index in [-0.39, 0.29) is 18.1 Å². The number of carbonyl (C=O) groups excluding carboxylic acids is 1. The summed E-state index contributed by atoms with van der Waals surface area (Å²) < 4.78 is 0. The molecule has 1 aromatic heterocycles. The molecule has 2 heterocycles. The van der Waals surface area contributed by atoms with Gasteiger partial charge in [0.05, 0.1) is 12.1 Å². The lowest BCUT2D eigenvalue weighted by Crippen LogP contribution is -2.43. The van der Waals surface area contributed by atoms with Gasteiger partial charge in [0.1, 0.15) is 5.69 Å². The van der Waals surface area contributed by atoms with Crippen LogP contribution in [0.25, 0.3) is 0 Å². The number of aliphatic hydroxyl groups excluding tert-OH is 1. The second-order valence-electron chi connectivity index (χ2n) is 6.96. The molecule has 0 aromatic carbocycles. The van der Waals surface area contributed by atoms with Crippen LogP contribution in [0, 0.1) is 17.8 Å². The van der Waals surface area contributed by atoms with Crippen LogP contribution in [0.4, 0.5) is 0 Å². The number of fused-ring (bicyclic) bond motifs is 1. The Hall–Kier alpha value is -1.36. The van der Waals surface area contributed by atoms with E-state index in [9.17, 15) is 9.90 Å². The monoisotopic (exact) mass is 275 g/mol. The number of carbonyl (C=O) groups is 1. The number of aromatic amines is 1. The Bertz CT molecular complexity index is 551. The largest absolute Gasteiger partial charge is 0.391 e. The predicted octanol–water partition coefficient (Wildman–Crippen LogP) is 1.37. The van der Waals surface area contributed by atoms with Gasteiger partial charge in [-0.15, -0.1) is 0 Å². The highest BCUT2D eigenvalue weighted by atomic mass is 16.3. The van der Waals surface area contributed by atoms with Crippen molar-refractivity contribution in [2.45, 2.75) is 44.8 Å². The topological polar surface area (TPSA) is 69.2 Å². The molecule has 3 fully saturated rings. The Morgan fingerprint density at radius 1 is 1.45 bits per heavy atom. The van der Waals surface area contributed by atoms with Crippen LogP contribution in [0.15, 0.2) is 6.07 Å². The standard InChI is InChI=1S/C15H21N3O2/c1-7(2)11-5-12(17-16-11)15(20)18-6-9-3-8-4-10(9)13(18)14(8)19/h5,7-10,13-14,19H,3-4,6H2,1-2H3,(H,16,17)/t8-,9-,10+,13+,14+/m0/s1. The fourth-order valence-electron chi connectivity index (χ4n) is 4.54. The van der Waals surface area contributed by atoms with Gasteiger partial charge in [0, 0.05) is 12.2 Å². The Kier molecular flexibility index (Phi) is 2.52. The number of hydrogen-bond acceptors (Lipinski definition) is 3. The maximum Gasteiger partial charge on any atom is 0.274 e. The van der Waals surface area contributed by atoms with Crippen molar-refractivity contribution >= 4 is 5.91 Å². The third kappa shape index (κ3) is 1.53. The number of H-pyrrole nitrogens is 1. The van der Waals surface area contributed by atoms with Crippen molar-refractivity contribution in [2.75, 3.05) is 6.54 Å². The van der Waals surface area contributed by atoms with Gasteiger partial charge in [0.15, 0.2) is 0 Å². The van der Waals surface area contributed by atoms with E-state index < -0.39 is 0 Å². The van der Waals surface area contributed by atoms with Crippen molar-refractivity contribution in [3.05, 3.63) is 17.5 Å². The van der Waals surface area contributed by atoms with Gasteiger partial charge < -0.3 is 10.0 Å². The molecule has 2 aliphatic carbocycles.